The van der Waals surface area contributed by atoms with Gasteiger partial charge in [-0.3, -0.25) is 0 Å². The van der Waals surface area contributed by atoms with Gasteiger partial charge in [0, 0.05) is 13.6 Å². The molecule has 0 N–H and O–H groups in total. The van der Waals surface area contributed by atoms with Gasteiger partial charge in [0.15, 0.2) is 5.69 Å². The lowest BCUT2D eigenvalue weighted by atomic mass is 10.2. The second-order valence-electron chi connectivity index (χ2n) is 6.76. The number of rotatable bonds is 7. The Balaban J connectivity index is 2.82. The van der Waals surface area contributed by atoms with Gasteiger partial charge >= 0.3 is 12.1 Å². The van der Waals surface area contributed by atoms with Crippen LogP contribution in [-0.4, -0.2) is 58.1 Å². The third-order valence-electron chi connectivity index (χ3n) is 3.23. The minimum absolute atomic E-state index is 0.149. The number of carbonyl (C=O) groups is 2. The Kier molecular flexibility index (Phi) is 7.92. The molecule has 1 heterocycles. The number of carbonyl (C=O) groups excluding carboxylic acids is 2. The molecule has 0 aliphatic heterocycles. The molecule has 0 bridgehead atoms. The number of esters is 1. The van der Waals surface area contributed by atoms with E-state index in [4.69, 9.17) is 14.2 Å². The number of aromatic nitrogens is 2. The first-order valence-corrected chi connectivity index (χ1v) is 9.33. The molecule has 0 fully saturated rings. The van der Waals surface area contributed by atoms with Crippen LogP contribution in [0.3, 0.4) is 0 Å². The Morgan fingerprint density at radius 2 is 1.92 bits per heavy atom. The molecule has 1 aromatic rings. The minimum Gasteiger partial charge on any atom is -0.472 e. The van der Waals surface area contributed by atoms with Crippen molar-refractivity contribution in [3.63, 3.8) is 0 Å². The summed E-state index contributed by atoms with van der Waals surface area (Å²) in [7, 11) is 1.67. The van der Waals surface area contributed by atoms with Crippen LogP contribution in [0.5, 0.6) is 5.88 Å². The monoisotopic (exact) mass is 433 g/mol. The molecule has 1 aromatic heterocycles. The van der Waals surface area contributed by atoms with Crippen LogP contribution in [0.2, 0.25) is 0 Å². The molecule has 1 atom stereocenters. The maximum absolute atomic E-state index is 12.2. The van der Waals surface area contributed by atoms with Crippen LogP contribution in [-0.2, 0) is 16.5 Å². The van der Waals surface area contributed by atoms with E-state index in [1.54, 1.807) is 18.9 Å². The Morgan fingerprint density at radius 3 is 2.42 bits per heavy atom. The zero-order chi connectivity index (χ0) is 20.1. The molecule has 0 spiro atoms. The van der Waals surface area contributed by atoms with Gasteiger partial charge in [0.25, 0.3) is 0 Å². The van der Waals surface area contributed by atoms with E-state index in [1.807, 2.05) is 34.6 Å². The molecule has 1 amide bonds. The largest absolute Gasteiger partial charge is 0.472 e. The predicted molar refractivity (Wildman–Crippen MR) is 100 cm³/mol. The first-order chi connectivity index (χ1) is 12.0. The summed E-state index contributed by atoms with van der Waals surface area (Å²) in [4.78, 5) is 25.7. The number of halogens is 1. The van der Waals surface area contributed by atoms with Crippen LogP contribution >= 0.6 is 15.9 Å². The van der Waals surface area contributed by atoms with E-state index in [9.17, 15) is 9.59 Å². The van der Waals surface area contributed by atoms with E-state index in [2.05, 4.69) is 21.0 Å². The summed E-state index contributed by atoms with van der Waals surface area (Å²) in [5.41, 5.74) is -0.412. The summed E-state index contributed by atoms with van der Waals surface area (Å²) in [6.45, 7) is 12.0. The first-order valence-electron chi connectivity index (χ1n) is 8.54. The van der Waals surface area contributed by atoms with Crippen molar-refractivity contribution in [1.82, 2.24) is 14.7 Å². The number of ether oxygens (including phenoxy) is 3. The maximum Gasteiger partial charge on any atom is 0.410 e. The quantitative estimate of drug-likeness (QED) is 0.612. The summed E-state index contributed by atoms with van der Waals surface area (Å²) >= 11 is 3.34. The molecule has 0 saturated heterocycles. The molecule has 0 radical (unpaired) electrons. The van der Waals surface area contributed by atoms with Crippen molar-refractivity contribution < 1.29 is 23.8 Å². The summed E-state index contributed by atoms with van der Waals surface area (Å²) in [5.74, 6) is -0.137. The molecule has 0 aliphatic carbocycles. The second kappa shape index (κ2) is 9.25. The SMILES string of the molecule is CCOC(=O)c1nn(C)c(OC(C)CN(CC)C(=O)OC(C)(C)C)c1Br. The lowest BCUT2D eigenvalue weighted by Crippen LogP contribution is -2.41. The Morgan fingerprint density at radius 1 is 1.31 bits per heavy atom. The number of hydrogen-bond acceptors (Lipinski definition) is 6. The van der Waals surface area contributed by atoms with E-state index in [-0.39, 0.29) is 18.4 Å². The molecule has 1 unspecified atom stereocenters. The van der Waals surface area contributed by atoms with Gasteiger partial charge in [0.05, 0.1) is 13.2 Å². The number of amides is 1. The lowest BCUT2D eigenvalue weighted by Gasteiger charge is -2.28. The standard InChI is InChI=1S/C17H28BrN3O5/c1-8-21(16(23)26-17(4,5)6)10-11(3)25-14-12(18)13(19-20(14)7)15(22)24-9-2/h11H,8-10H2,1-7H3. The third kappa shape index (κ3) is 6.19. The van der Waals surface area contributed by atoms with Crippen LogP contribution in [0, 0.1) is 0 Å². The summed E-state index contributed by atoms with van der Waals surface area (Å²) in [6, 6.07) is 0. The molecule has 8 nitrogen and oxygen atoms in total. The molecule has 26 heavy (non-hydrogen) atoms. The number of hydrogen-bond donors (Lipinski definition) is 0. The van der Waals surface area contributed by atoms with E-state index in [0.717, 1.165) is 0 Å². The van der Waals surface area contributed by atoms with Gasteiger partial charge in [-0.15, -0.1) is 0 Å². The molecule has 9 heteroatoms. The van der Waals surface area contributed by atoms with Gasteiger partial charge < -0.3 is 19.1 Å². The maximum atomic E-state index is 12.2. The van der Waals surface area contributed by atoms with Crippen LogP contribution in [0.15, 0.2) is 4.47 Å². The summed E-state index contributed by atoms with van der Waals surface area (Å²) in [5, 5.41) is 4.13. The fraction of sp³-hybridized carbons (Fsp3) is 0.706. The highest BCUT2D eigenvalue weighted by atomic mass is 79.9. The van der Waals surface area contributed by atoms with E-state index in [0.29, 0.717) is 23.4 Å². The molecule has 148 valence electrons. The topological polar surface area (TPSA) is 82.9 Å². The number of nitrogens with zero attached hydrogens (tertiary/aromatic N) is 3. The fourth-order valence-corrected chi connectivity index (χ4v) is 2.73. The van der Waals surface area contributed by atoms with E-state index < -0.39 is 17.7 Å². The van der Waals surface area contributed by atoms with Crippen molar-refractivity contribution in [2.24, 2.45) is 7.05 Å². The lowest BCUT2D eigenvalue weighted by molar-refractivity contribution is 0.0187. The summed E-state index contributed by atoms with van der Waals surface area (Å²) < 4.78 is 18.1. The van der Waals surface area contributed by atoms with Crippen molar-refractivity contribution >= 4 is 28.0 Å². The van der Waals surface area contributed by atoms with Crippen LogP contribution in [0.1, 0.15) is 52.0 Å². The molecular weight excluding hydrogens is 406 g/mol. The van der Waals surface area contributed by atoms with Crippen molar-refractivity contribution in [2.75, 3.05) is 19.7 Å². The molecule has 0 aromatic carbocycles. The van der Waals surface area contributed by atoms with Gasteiger partial charge in [0.1, 0.15) is 16.2 Å². The average molecular weight is 434 g/mol. The number of aryl methyl sites for hydroxylation is 1. The van der Waals surface area contributed by atoms with Gasteiger partial charge in [0.2, 0.25) is 5.88 Å². The molecule has 0 saturated carbocycles. The van der Waals surface area contributed by atoms with Crippen molar-refractivity contribution in [3.8, 4) is 5.88 Å². The molecular formula is C17H28BrN3O5. The Bertz CT molecular complexity index is 639. The zero-order valence-corrected chi connectivity index (χ0v) is 18.0. The highest BCUT2D eigenvalue weighted by molar-refractivity contribution is 9.10. The molecule has 1 rings (SSSR count). The second-order valence-corrected chi connectivity index (χ2v) is 7.55. The summed E-state index contributed by atoms with van der Waals surface area (Å²) in [6.07, 6.45) is -0.740. The van der Waals surface area contributed by atoms with E-state index >= 15 is 0 Å². The Labute approximate surface area is 162 Å². The van der Waals surface area contributed by atoms with Crippen molar-refractivity contribution in [2.45, 2.75) is 53.2 Å². The first kappa shape index (κ1) is 22.3. The zero-order valence-electron chi connectivity index (χ0n) is 16.5. The van der Waals surface area contributed by atoms with Gasteiger partial charge in [-0.1, -0.05) is 0 Å². The van der Waals surface area contributed by atoms with Gasteiger partial charge in [-0.05, 0) is 57.5 Å². The highest BCUT2D eigenvalue weighted by Gasteiger charge is 2.26. The fourth-order valence-electron chi connectivity index (χ4n) is 2.14. The highest BCUT2D eigenvalue weighted by Crippen LogP contribution is 2.29. The average Bonchev–Trinajstić information content (AvgIpc) is 2.79. The van der Waals surface area contributed by atoms with E-state index in [1.165, 1.54) is 4.68 Å². The van der Waals surface area contributed by atoms with Crippen LogP contribution in [0.4, 0.5) is 4.79 Å². The minimum atomic E-state index is -0.561. The third-order valence-corrected chi connectivity index (χ3v) is 3.95. The molecule has 0 aliphatic rings. The van der Waals surface area contributed by atoms with Crippen LogP contribution < -0.4 is 4.74 Å². The van der Waals surface area contributed by atoms with Crippen molar-refractivity contribution in [1.29, 1.82) is 0 Å². The van der Waals surface area contributed by atoms with Gasteiger partial charge in [-0.25, -0.2) is 14.3 Å². The van der Waals surface area contributed by atoms with Gasteiger partial charge in [-0.2, -0.15) is 5.10 Å². The predicted octanol–water partition coefficient (Wildman–Crippen LogP) is 3.38. The smallest absolute Gasteiger partial charge is 0.410 e. The number of likely N-dealkylation sites (N-methyl/N-ethyl adjacent to an activating group) is 1. The Hall–Kier alpha value is -1.77. The van der Waals surface area contributed by atoms with Crippen LogP contribution in [0.25, 0.3) is 0 Å². The van der Waals surface area contributed by atoms with Crippen molar-refractivity contribution in [3.05, 3.63) is 10.2 Å². The normalized spacial score (nSPS) is 12.5.